The van der Waals surface area contributed by atoms with Gasteiger partial charge in [0.05, 0.1) is 5.02 Å². The van der Waals surface area contributed by atoms with Crippen LogP contribution in [0.5, 0.6) is 5.75 Å². The van der Waals surface area contributed by atoms with Gasteiger partial charge in [0.2, 0.25) is 5.91 Å². The SMILES string of the molecule is CCCCNC(=O)[C@H](CC)N(CCc1ccccc1)C(=O)COc1ccc(Br)cc1Cl. The minimum absolute atomic E-state index is 0.126. The Morgan fingerprint density at radius 2 is 1.90 bits per heavy atom. The number of carbonyl (C=O) groups excluding carboxylic acids is 2. The number of carbonyl (C=O) groups is 2. The van der Waals surface area contributed by atoms with Crippen LogP contribution < -0.4 is 10.1 Å². The van der Waals surface area contributed by atoms with Crippen LogP contribution in [0, 0.1) is 0 Å². The molecule has 2 aromatic carbocycles. The molecule has 0 radical (unpaired) electrons. The van der Waals surface area contributed by atoms with Gasteiger partial charge in [-0.25, -0.2) is 0 Å². The Morgan fingerprint density at radius 1 is 1.16 bits per heavy atom. The zero-order valence-corrected chi connectivity index (χ0v) is 20.4. The summed E-state index contributed by atoms with van der Waals surface area (Å²) in [6, 6.07) is 14.6. The number of hydrogen-bond acceptors (Lipinski definition) is 3. The highest BCUT2D eigenvalue weighted by molar-refractivity contribution is 9.10. The summed E-state index contributed by atoms with van der Waals surface area (Å²) < 4.78 is 6.51. The van der Waals surface area contributed by atoms with E-state index < -0.39 is 6.04 Å². The van der Waals surface area contributed by atoms with Crippen LogP contribution in [0.1, 0.15) is 38.7 Å². The maximum Gasteiger partial charge on any atom is 0.261 e. The Kier molecular flexibility index (Phi) is 10.9. The van der Waals surface area contributed by atoms with Gasteiger partial charge < -0.3 is 15.0 Å². The molecule has 0 heterocycles. The van der Waals surface area contributed by atoms with Gasteiger partial charge in [0.15, 0.2) is 6.61 Å². The van der Waals surface area contributed by atoms with Crippen LogP contribution in [-0.2, 0) is 16.0 Å². The van der Waals surface area contributed by atoms with Gasteiger partial charge >= 0.3 is 0 Å². The smallest absolute Gasteiger partial charge is 0.261 e. The summed E-state index contributed by atoms with van der Waals surface area (Å²) in [6.07, 6.45) is 3.09. The van der Waals surface area contributed by atoms with E-state index >= 15 is 0 Å². The normalized spacial score (nSPS) is 11.6. The number of unbranched alkanes of at least 4 members (excludes halogenated alkanes) is 1. The number of benzene rings is 2. The molecule has 0 saturated heterocycles. The second-order valence-corrected chi connectivity index (χ2v) is 8.58. The monoisotopic (exact) mass is 508 g/mol. The lowest BCUT2D eigenvalue weighted by Gasteiger charge is -2.30. The Labute approximate surface area is 198 Å². The van der Waals surface area contributed by atoms with E-state index in [9.17, 15) is 9.59 Å². The number of nitrogens with zero attached hydrogens (tertiary/aromatic N) is 1. The van der Waals surface area contributed by atoms with Gasteiger partial charge in [-0.05, 0) is 43.0 Å². The summed E-state index contributed by atoms with van der Waals surface area (Å²) in [4.78, 5) is 27.5. The predicted octanol–water partition coefficient (Wildman–Crippen LogP) is 5.25. The average molecular weight is 510 g/mol. The molecular weight excluding hydrogens is 480 g/mol. The molecule has 2 amide bonds. The summed E-state index contributed by atoms with van der Waals surface area (Å²) in [7, 11) is 0. The zero-order chi connectivity index (χ0) is 22.6. The second-order valence-electron chi connectivity index (χ2n) is 7.25. The van der Waals surface area contributed by atoms with Gasteiger partial charge in [-0.1, -0.05) is 78.1 Å². The van der Waals surface area contributed by atoms with Crippen LogP contribution in [0.25, 0.3) is 0 Å². The largest absolute Gasteiger partial charge is 0.482 e. The molecule has 0 aliphatic rings. The molecule has 0 saturated carbocycles. The van der Waals surface area contributed by atoms with Gasteiger partial charge in [0.1, 0.15) is 11.8 Å². The first-order valence-corrected chi connectivity index (χ1v) is 11.8. The fraction of sp³-hybridized carbons (Fsp3) is 0.417. The number of hydrogen-bond donors (Lipinski definition) is 1. The van der Waals surface area contributed by atoms with Gasteiger partial charge in [0.25, 0.3) is 5.91 Å². The van der Waals surface area contributed by atoms with Crippen molar-refractivity contribution < 1.29 is 14.3 Å². The quantitative estimate of drug-likeness (QED) is 0.398. The number of rotatable bonds is 12. The van der Waals surface area contributed by atoms with Crippen LogP contribution in [0.3, 0.4) is 0 Å². The van der Waals surface area contributed by atoms with Crippen molar-refractivity contribution in [3.8, 4) is 5.75 Å². The highest BCUT2D eigenvalue weighted by Gasteiger charge is 2.28. The molecular formula is C24H30BrClN2O3. The minimum Gasteiger partial charge on any atom is -0.482 e. The van der Waals surface area contributed by atoms with Crippen LogP contribution in [0.15, 0.2) is 53.0 Å². The summed E-state index contributed by atoms with van der Waals surface area (Å²) in [6.45, 7) is 4.84. The third kappa shape index (κ3) is 8.19. The van der Waals surface area contributed by atoms with Crippen LogP contribution >= 0.6 is 27.5 Å². The molecule has 0 spiro atoms. The van der Waals surface area contributed by atoms with Crippen molar-refractivity contribution in [2.45, 2.75) is 45.6 Å². The maximum atomic E-state index is 13.1. The van der Waals surface area contributed by atoms with E-state index in [0.717, 1.165) is 22.9 Å². The van der Waals surface area contributed by atoms with Crippen LogP contribution in [-0.4, -0.2) is 42.5 Å². The molecule has 7 heteroatoms. The molecule has 5 nitrogen and oxygen atoms in total. The van der Waals surface area contributed by atoms with E-state index in [1.807, 2.05) is 37.3 Å². The van der Waals surface area contributed by atoms with Crippen molar-refractivity contribution in [3.05, 3.63) is 63.6 Å². The van der Waals surface area contributed by atoms with Gasteiger partial charge in [-0.3, -0.25) is 9.59 Å². The average Bonchev–Trinajstić information content (AvgIpc) is 2.76. The van der Waals surface area contributed by atoms with E-state index in [-0.39, 0.29) is 18.4 Å². The number of ether oxygens (including phenoxy) is 1. The highest BCUT2D eigenvalue weighted by atomic mass is 79.9. The van der Waals surface area contributed by atoms with Crippen molar-refractivity contribution in [3.63, 3.8) is 0 Å². The first-order chi connectivity index (χ1) is 15.0. The molecule has 2 aromatic rings. The molecule has 1 atom stereocenters. The van der Waals surface area contributed by atoms with E-state index in [4.69, 9.17) is 16.3 Å². The highest BCUT2D eigenvalue weighted by Crippen LogP contribution is 2.27. The molecule has 0 unspecified atom stereocenters. The molecule has 31 heavy (non-hydrogen) atoms. The molecule has 168 valence electrons. The van der Waals surface area contributed by atoms with Crippen LogP contribution in [0.2, 0.25) is 5.02 Å². The first-order valence-electron chi connectivity index (χ1n) is 10.6. The standard InChI is InChI=1S/C24H30BrClN2O3/c1-3-5-14-27-24(30)21(4-2)28(15-13-18-9-7-6-8-10-18)23(29)17-31-22-12-11-19(25)16-20(22)26/h6-12,16,21H,3-5,13-15,17H2,1-2H3,(H,27,30)/t21-/m0/s1. The summed E-state index contributed by atoms with van der Waals surface area (Å²) in [5, 5.41) is 3.38. The first kappa shape index (κ1) is 25.2. The lowest BCUT2D eigenvalue weighted by atomic mass is 10.1. The van der Waals surface area contributed by atoms with E-state index in [1.54, 1.807) is 23.1 Å². The van der Waals surface area contributed by atoms with Crippen molar-refractivity contribution >= 4 is 39.3 Å². The van der Waals surface area contributed by atoms with Crippen molar-refractivity contribution in [1.29, 1.82) is 0 Å². The molecule has 0 fully saturated rings. The van der Waals surface area contributed by atoms with Gasteiger partial charge in [-0.15, -0.1) is 0 Å². The van der Waals surface area contributed by atoms with Gasteiger partial charge in [-0.2, -0.15) is 0 Å². The summed E-state index contributed by atoms with van der Waals surface area (Å²) in [5.74, 6) is 0.0631. The summed E-state index contributed by atoms with van der Waals surface area (Å²) in [5.41, 5.74) is 1.11. The molecule has 0 bridgehead atoms. The number of amides is 2. The topological polar surface area (TPSA) is 58.6 Å². The Balaban J connectivity index is 2.11. The minimum atomic E-state index is -0.544. The Morgan fingerprint density at radius 3 is 2.55 bits per heavy atom. The fourth-order valence-electron chi connectivity index (χ4n) is 3.22. The third-order valence-corrected chi connectivity index (χ3v) is 5.73. The van der Waals surface area contributed by atoms with Crippen molar-refractivity contribution in [2.24, 2.45) is 0 Å². The Bertz CT molecular complexity index is 848. The number of nitrogens with one attached hydrogen (secondary N) is 1. The van der Waals surface area contributed by atoms with Crippen molar-refractivity contribution in [2.75, 3.05) is 19.7 Å². The lowest BCUT2D eigenvalue weighted by molar-refractivity contribution is -0.142. The third-order valence-electron chi connectivity index (χ3n) is 4.94. The molecule has 0 aliphatic carbocycles. The maximum absolute atomic E-state index is 13.1. The van der Waals surface area contributed by atoms with E-state index in [0.29, 0.717) is 36.7 Å². The lowest BCUT2D eigenvalue weighted by Crippen LogP contribution is -2.51. The number of halogens is 2. The molecule has 0 aromatic heterocycles. The van der Waals surface area contributed by atoms with E-state index in [1.165, 1.54) is 0 Å². The predicted molar refractivity (Wildman–Crippen MR) is 129 cm³/mol. The van der Waals surface area contributed by atoms with Gasteiger partial charge in [0, 0.05) is 17.6 Å². The van der Waals surface area contributed by atoms with Crippen LogP contribution in [0.4, 0.5) is 0 Å². The van der Waals surface area contributed by atoms with E-state index in [2.05, 4.69) is 28.2 Å². The Hall–Kier alpha value is -2.05. The zero-order valence-electron chi connectivity index (χ0n) is 18.1. The molecule has 1 N–H and O–H groups in total. The van der Waals surface area contributed by atoms with Crippen molar-refractivity contribution in [1.82, 2.24) is 10.2 Å². The molecule has 2 rings (SSSR count). The molecule has 0 aliphatic heterocycles. The fourth-order valence-corrected chi connectivity index (χ4v) is 3.94. The summed E-state index contributed by atoms with van der Waals surface area (Å²) >= 11 is 9.55. The second kappa shape index (κ2) is 13.4.